The number of carbonyl (C=O) groups is 3. The minimum absolute atomic E-state index is 0.0920. The van der Waals surface area contributed by atoms with Crippen molar-refractivity contribution >= 4 is 17.9 Å². The predicted octanol–water partition coefficient (Wildman–Crippen LogP) is 17.9. The van der Waals surface area contributed by atoms with Gasteiger partial charge < -0.3 is 14.2 Å². The molecule has 0 saturated heterocycles. The van der Waals surface area contributed by atoms with Gasteiger partial charge in [0.25, 0.3) is 0 Å². The number of hydrogen-bond acceptors (Lipinski definition) is 6. The van der Waals surface area contributed by atoms with E-state index in [9.17, 15) is 14.4 Å². The van der Waals surface area contributed by atoms with E-state index in [1.807, 2.05) is 0 Å². The molecule has 6 nitrogen and oxygen atoms in total. The van der Waals surface area contributed by atoms with Gasteiger partial charge in [-0.2, -0.15) is 0 Å². The van der Waals surface area contributed by atoms with Gasteiger partial charge in [-0.05, 0) is 77.0 Å². The number of rotatable bonds is 49. The van der Waals surface area contributed by atoms with Gasteiger partial charge in [-0.3, -0.25) is 14.4 Å². The van der Waals surface area contributed by atoms with Gasteiger partial charge in [0.1, 0.15) is 13.2 Å². The molecule has 0 radical (unpaired) electrons. The largest absolute Gasteiger partial charge is 0.462 e. The maximum Gasteiger partial charge on any atom is 0.306 e. The summed E-state index contributed by atoms with van der Waals surface area (Å²) in [5, 5.41) is 0. The van der Waals surface area contributed by atoms with E-state index in [0.717, 1.165) is 57.8 Å². The van der Waals surface area contributed by atoms with Crippen molar-refractivity contribution in [1.29, 1.82) is 0 Å². The van der Waals surface area contributed by atoms with Gasteiger partial charge in [0.05, 0.1) is 0 Å². The summed E-state index contributed by atoms with van der Waals surface area (Å²) in [6.07, 6.45) is 62.4. The maximum absolute atomic E-state index is 12.8. The lowest BCUT2D eigenvalue weighted by Crippen LogP contribution is -2.30. The Labute approximate surface area is 390 Å². The smallest absolute Gasteiger partial charge is 0.306 e. The van der Waals surface area contributed by atoms with Crippen molar-refractivity contribution in [3.63, 3.8) is 0 Å². The fourth-order valence-electron chi connectivity index (χ4n) is 7.69. The first-order valence-electron chi connectivity index (χ1n) is 27.1. The normalized spacial score (nSPS) is 12.4. The molecule has 0 aromatic heterocycles. The average molecular weight is 883 g/mol. The van der Waals surface area contributed by atoms with Gasteiger partial charge >= 0.3 is 17.9 Å². The Morgan fingerprint density at radius 2 is 0.587 bits per heavy atom. The van der Waals surface area contributed by atoms with Crippen LogP contribution in [0.25, 0.3) is 0 Å². The first-order chi connectivity index (χ1) is 31.0. The van der Waals surface area contributed by atoms with Crippen molar-refractivity contribution in [3.8, 4) is 0 Å². The molecule has 0 spiro atoms. The van der Waals surface area contributed by atoms with Crippen LogP contribution in [0.2, 0.25) is 0 Å². The van der Waals surface area contributed by atoms with Gasteiger partial charge in [0.2, 0.25) is 0 Å². The van der Waals surface area contributed by atoms with E-state index < -0.39 is 6.10 Å². The van der Waals surface area contributed by atoms with Gasteiger partial charge in [-0.15, -0.1) is 0 Å². The third kappa shape index (κ3) is 50.2. The number of unbranched alkanes of at least 4 members (excludes halogenated alkanes) is 30. The number of ether oxygens (including phenoxy) is 3. The summed E-state index contributed by atoms with van der Waals surface area (Å²) in [5.74, 6) is -0.941. The third-order valence-electron chi connectivity index (χ3n) is 11.8. The number of hydrogen-bond donors (Lipinski definition) is 0. The predicted molar refractivity (Wildman–Crippen MR) is 270 cm³/mol. The zero-order valence-corrected chi connectivity index (χ0v) is 41.8. The van der Waals surface area contributed by atoms with Gasteiger partial charge in [0.15, 0.2) is 6.10 Å². The Kier molecular flexibility index (Phi) is 49.8. The highest BCUT2D eigenvalue weighted by atomic mass is 16.6. The fourth-order valence-corrected chi connectivity index (χ4v) is 7.69. The summed E-state index contributed by atoms with van der Waals surface area (Å²) < 4.78 is 16.8. The van der Waals surface area contributed by atoms with Crippen LogP contribution < -0.4 is 0 Å². The molecule has 0 bridgehead atoms. The molecule has 0 aliphatic carbocycles. The topological polar surface area (TPSA) is 78.9 Å². The standard InChI is InChI=1S/C57H102O6/c1-4-7-10-13-16-19-22-24-26-28-30-32-35-38-41-44-47-50-56(59)62-53-54(52-61-55(58)49-46-43-40-37-34-21-18-15-12-9-6-3)63-57(60)51-48-45-42-39-36-33-31-29-27-25-23-20-17-14-11-8-5-2/h24-27,31,33,39,42,54H,4-23,28-30,32,34-38,40-41,43-53H2,1-3H3/b26-24-,27-25-,33-31-,42-39-/t54-/m0/s1. The number of allylic oxidation sites excluding steroid dienone is 8. The molecule has 0 aliphatic heterocycles. The summed E-state index contributed by atoms with van der Waals surface area (Å²) in [7, 11) is 0. The first kappa shape index (κ1) is 60.4. The Bertz CT molecular complexity index is 1110. The van der Waals surface area contributed by atoms with E-state index >= 15 is 0 Å². The highest BCUT2D eigenvalue weighted by Crippen LogP contribution is 2.15. The second-order valence-electron chi connectivity index (χ2n) is 18.1. The molecular formula is C57H102O6. The Morgan fingerprint density at radius 3 is 0.952 bits per heavy atom. The van der Waals surface area contributed by atoms with Crippen LogP contribution in [-0.2, 0) is 28.6 Å². The molecule has 0 fully saturated rings. The third-order valence-corrected chi connectivity index (χ3v) is 11.8. The van der Waals surface area contributed by atoms with Crippen molar-refractivity contribution in [1.82, 2.24) is 0 Å². The highest BCUT2D eigenvalue weighted by Gasteiger charge is 2.19. The Balaban J connectivity index is 4.42. The van der Waals surface area contributed by atoms with Crippen molar-refractivity contribution in [2.45, 2.75) is 284 Å². The van der Waals surface area contributed by atoms with E-state index in [2.05, 4.69) is 69.4 Å². The van der Waals surface area contributed by atoms with E-state index in [0.29, 0.717) is 19.3 Å². The zero-order chi connectivity index (χ0) is 45.8. The minimum Gasteiger partial charge on any atom is -0.462 e. The molecule has 0 amide bonds. The molecule has 0 unspecified atom stereocenters. The van der Waals surface area contributed by atoms with Crippen LogP contribution in [0.1, 0.15) is 278 Å². The summed E-state index contributed by atoms with van der Waals surface area (Å²) in [5.41, 5.74) is 0. The van der Waals surface area contributed by atoms with Crippen molar-refractivity contribution < 1.29 is 28.6 Å². The van der Waals surface area contributed by atoms with Crippen LogP contribution >= 0.6 is 0 Å². The van der Waals surface area contributed by atoms with Gasteiger partial charge in [-0.1, -0.05) is 230 Å². The van der Waals surface area contributed by atoms with Crippen LogP contribution in [0.3, 0.4) is 0 Å². The molecule has 0 aromatic carbocycles. The molecule has 6 heteroatoms. The molecule has 0 rings (SSSR count). The molecule has 366 valence electrons. The van der Waals surface area contributed by atoms with Gasteiger partial charge in [0, 0.05) is 19.3 Å². The quantitative estimate of drug-likeness (QED) is 0.0262. The van der Waals surface area contributed by atoms with E-state index in [1.54, 1.807) is 0 Å². The summed E-state index contributed by atoms with van der Waals surface area (Å²) >= 11 is 0. The minimum atomic E-state index is -0.798. The van der Waals surface area contributed by atoms with Crippen LogP contribution in [0.15, 0.2) is 48.6 Å². The molecule has 0 saturated carbocycles. The van der Waals surface area contributed by atoms with E-state index in [-0.39, 0.29) is 37.5 Å². The highest BCUT2D eigenvalue weighted by molar-refractivity contribution is 5.71. The van der Waals surface area contributed by atoms with Crippen molar-refractivity contribution in [2.75, 3.05) is 13.2 Å². The molecule has 0 heterocycles. The van der Waals surface area contributed by atoms with E-state index in [1.165, 1.54) is 173 Å². The maximum atomic E-state index is 12.8. The first-order valence-corrected chi connectivity index (χ1v) is 27.1. The fraction of sp³-hybridized carbons (Fsp3) is 0.807. The van der Waals surface area contributed by atoms with E-state index in [4.69, 9.17) is 14.2 Å². The molecule has 0 N–H and O–H groups in total. The van der Waals surface area contributed by atoms with Crippen LogP contribution in [-0.4, -0.2) is 37.2 Å². The van der Waals surface area contributed by atoms with Gasteiger partial charge in [-0.25, -0.2) is 0 Å². The van der Waals surface area contributed by atoms with Crippen LogP contribution in [0.4, 0.5) is 0 Å². The Hall–Kier alpha value is -2.63. The van der Waals surface area contributed by atoms with Crippen LogP contribution in [0.5, 0.6) is 0 Å². The van der Waals surface area contributed by atoms with Crippen molar-refractivity contribution in [3.05, 3.63) is 48.6 Å². The van der Waals surface area contributed by atoms with Crippen molar-refractivity contribution in [2.24, 2.45) is 0 Å². The lowest BCUT2D eigenvalue weighted by molar-refractivity contribution is -0.167. The molecule has 0 aliphatic rings. The summed E-state index contributed by atoms with van der Waals surface area (Å²) in [6.45, 7) is 6.59. The molecule has 63 heavy (non-hydrogen) atoms. The SMILES string of the molecule is CCCCCCCC/C=C\C/C=C\C/C=C\CCCC(=O)O[C@H](COC(=O)CCCCCCCCC/C=C\CCCCCCCC)COC(=O)CCCCCCCCCCCCC. The second-order valence-corrected chi connectivity index (χ2v) is 18.1. The molecule has 1 atom stereocenters. The van der Waals surface area contributed by atoms with Crippen LogP contribution in [0, 0.1) is 0 Å². The number of esters is 3. The lowest BCUT2D eigenvalue weighted by Gasteiger charge is -2.18. The second kappa shape index (κ2) is 52.0. The molecular weight excluding hydrogens is 781 g/mol. The molecule has 0 aromatic rings. The lowest BCUT2D eigenvalue weighted by atomic mass is 10.1. The zero-order valence-electron chi connectivity index (χ0n) is 41.8. The summed E-state index contributed by atoms with van der Waals surface area (Å²) in [4.78, 5) is 38.0. The average Bonchev–Trinajstić information content (AvgIpc) is 3.28. The monoisotopic (exact) mass is 883 g/mol. The summed E-state index contributed by atoms with van der Waals surface area (Å²) in [6, 6.07) is 0. The Morgan fingerprint density at radius 1 is 0.317 bits per heavy atom. The number of carbonyl (C=O) groups excluding carboxylic acids is 3.